The van der Waals surface area contributed by atoms with Crippen molar-refractivity contribution in [2.75, 3.05) is 26.3 Å². The first kappa shape index (κ1) is 73.4. The van der Waals surface area contributed by atoms with Gasteiger partial charge in [-0.3, -0.25) is 34.8 Å². The maximum Gasteiger partial charge on any atom is 0.414 e. The lowest BCUT2D eigenvalue weighted by Gasteiger charge is -2.19. The minimum Gasteiger partial charge on any atom is -0.466 e. The minimum absolute atomic E-state index is 0.0177. The average molecular weight is 1160 g/mol. The van der Waals surface area contributed by atoms with Crippen molar-refractivity contribution in [3.63, 3.8) is 0 Å². The molecule has 0 saturated heterocycles. The van der Waals surface area contributed by atoms with Crippen molar-refractivity contribution in [1.29, 1.82) is 0 Å². The molecule has 0 aliphatic carbocycles. The van der Waals surface area contributed by atoms with Crippen LogP contribution >= 0.6 is 0 Å². The summed E-state index contributed by atoms with van der Waals surface area (Å²) in [6, 6.07) is 17.4. The van der Waals surface area contributed by atoms with Gasteiger partial charge in [0.25, 0.3) is 5.88 Å². The molecule has 3 amide bonds. The number of carbonyl (C=O) groups excluding carboxylic acids is 6. The number of carbonyl (C=O) groups is 5. The van der Waals surface area contributed by atoms with Crippen molar-refractivity contribution in [2.45, 2.75) is 272 Å². The maximum absolute atomic E-state index is 13.8. The summed E-state index contributed by atoms with van der Waals surface area (Å²) in [5.41, 5.74) is 1.56. The topological polar surface area (TPSA) is 200 Å². The summed E-state index contributed by atoms with van der Waals surface area (Å²) in [4.78, 5) is 83.2. The van der Waals surface area contributed by atoms with Crippen LogP contribution in [0.15, 0.2) is 71.5 Å². The molecule has 0 spiro atoms. The third-order valence-corrected chi connectivity index (χ3v) is 15.0. The normalized spacial score (nSPS) is 12.3. The Morgan fingerprint density at radius 2 is 0.892 bits per heavy atom. The Bertz CT molecular complexity index is 2050. The average Bonchev–Trinajstić information content (AvgIpc) is 3.52. The highest BCUT2D eigenvalue weighted by Gasteiger charge is 2.23. The second-order valence-electron chi connectivity index (χ2n) is 22.4. The molecule has 15 nitrogen and oxygen atoms in total. The van der Waals surface area contributed by atoms with Crippen molar-refractivity contribution in [1.82, 2.24) is 21.3 Å². The number of nitrogens with zero attached hydrogens (tertiary/aromatic N) is 1. The van der Waals surface area contributed by atoms with Crippen LogP contribution in [0, 0.1) is 11.8 Å². The molecule has 468 valence electrons. The van der Waals surface area contributed by atoms with Crippen molar-refractivity contribution in [2.24, 2.45) is 16.8 Å². The second-order valence-corrected chi connectivity index (χ2v) is 22.4. The molecule has 2 rings (SSSR count). The summed E-state index contributed by atoms with van der Waals surface area (Å²) < 4.78 is 22.7. The number of hydrogen-bond acceptors (Lipinski definition) is 11. The zero-order valence-corrected chi connectivity index (χ0v) is 52.0. The van der Waals surface area contributed by atoms with Crippen LogP contribution in [0.3, 0.4) is 0 Å². The molecule has 0 aliphatic rings. The predicted molar refractivity (Wildman–Crippen MR) is 334 cm³/mol. The number of esters is 2. The molecular weight excluding hydrogens is 1050 g/mol. The summed E-state index contributed by atoms with van der Waals surface area (Å²) in [5.74, 6) is 0.403. The lowest BCUT2D eigenvalue weighted by Crippen LogP contribution is -2.47. The van der Waals surface area contributed by atoms with Crippen LogP contribution in [0.4, 0.5) is 4.79 Å². The van der Waals surface area contributed by atoms with E-state index in [2.05, 4.69) is 54.0 Å². The quantitative estimate of drug-likeness (QED) is 0.00934. The highest BCUT2D eigenvalue weighted by atomic mass is 16.6. The molecule has 4 N–H and O–H groups in total. The zero-order valence-electron chi connectivity index (χ0n) is 52.0. The summed E-state index contributed by atoms with van der Waals surface area (Å²) in [5, 5.41) is 11.2. The van der Waals surface area contributed by atoms with Crippen LogP contribution in [0.5, 0.6) is 0 Å². The van der Waals surface area contributed by atoms with E-state index in [-0.39, 0.29) is 80.0 Å². The molecule has 0 aromatic heterocycles. The Balaban J connectivity index is 2.02. The molecule has 83 heavy (non-hydrogen) atoms. The molecule has 0 radical (unpaired) electrons. The van der Waals surface area contributed by atoms with Gasteiger partial charge >= 0.3 is 18.0 Å². The number of ether oxygens (including phenoxy) is 4. The Morgan fingerprint density at radius 1 is 0.470 bits per heavy atom. The van der Waals surface area contributed by atoms with Gasteiger partial charge in [-0.05, 0) is 75.3 Å². The van der Waals surface area contributed by atoms with Gasteiger partial charge in [0.1, 0.15) is 19.3 Å². The fourth-order valence-corrected chi connectivity index (χ4v) is 9.89. The van der Waals surface area contributed by atoms with E-state index < -0.39 is 12.1 Å². The summed E-state index contributed by atoms with van der Waals surface area (Å²) in [6.07, 6.45) is 33.6. The molecule has 2 aromatic rings. The summed E-state index contributed by atoms with van der Waals surface area (Å²) in [7, 11) is 0. The molecule has 0 fully saturated rings. The van der Waals surface area contributed by atoms with E-state index in [0.29, 0.717) is 32.6 Å². The number of guanidine groups is 1. The summed E-state index contributed by atoms with van der Waals surface area (Å²) >= 11 is 0. The van der Waals surface area contributed by atoms with Crippen molar-refractivity contribution in [3.05, 3.63) is 77.7 Å². The minimum atomic E-state index is -0.954. The van der Waals surface area contributed by atoms with E-state index in [1.54, 1.807) is 5.94 Å². The highest BCUT2D eigenvalue weighted by molar-refractivity contribution is 5.95. The van der Waals surface area contributed by atoms with Gasteiger partial charge in [-0.25, -0.2) is 9.59 Å². The number of amides is 3. The number of rotatable bonds is 52. The van der Waals surface area contributed by atoms with Crippen LogP contribution in [0.25, 0.3) is 0 Å². The molecular formula is C68H111N5O10. The maximum atomic E-state index is 13.8. The second kappa shape index (κ2) is 51.9. The van der Waals surface area contributed by atoms with Gasteiger partial charge in [0, 0.05) is 19.5 Å². The van der Waals surface area contributed by atoms with E-state index in [1.807, 2.05) is 60.7 Å². The number of unbranched alkanes of at least 4 members (excludes halogenated alkanes) is 23. The van der Waals surface area contributed by atoms with Crippen molar-refractivity contribution < 1.29 is 47.7 Å². The Labute approximate surface area is 501 Å². The first-order chi connectivity index (χ1) is 40.6. The highest BCUT2D eigenvalue weighted by Crippen LogP contribution is 2.23. The first-order valence-electron chi connectivity index (χ1n) is 32.7. The number of nitrogens with one attached hydrogen (secondary N) is 4. The van der Waals surface area contributed by atoms with E-state index in [0.717, 1.165) is 133 Å². The summed E-state index contributed by atoms with van der Waals surface area (Å²) in [6.45, 7) is 9.99. The van der Waals surface area contributed by atoms with E-state index in [9.17, 15) is 28.8 Å². The van der Waals surface area contributed by atoms with Crippen LogP contribution in [-0.2, 0) is 56.1 Å². The monoisotopic (exact) mass is 1160 g/mol. The van der Waals surface area contributed by atoms with Gasteiger partial charge in [-0.2, -0.15) is 0 Å². The number of benzene rings is 2. The van der Waals surface area contributed by atoms with Gasteiger partial charge in [0.15, 0.2) is 5.94 Å². The molecule has 2 aromatic carbocycles. The Kier molecular flexibility index (Phi) is 45.9. The Hall–Kier alpha value is -5.69. The van der Waals surface area contributed by atoms with Crippen LogP contribution in [-0.4, -0.2) is 74.1 Å². The van der Waals surface area contributed by atoms with E-state index >= 15 is 0 Å². The molecule has 0 bridgehead atoms. The lowest BCUT2D eigenvalue weighted by atomic mass is 9.94. The molecule has 0 saturated carbocycles. The largest absolute Gasteiger partial charge is 0.466 e. The molecule has 3 unspecified atom stereocenters. The fourth-order valence-electron chi connectivity index (χ4n) is 9.89. The third kappa shape index (κ3) is 40.3. The SMILES string of the molecule is CCCCCCCCC(CCCCCC)C(=O)OCCCCCCCC(=O)NC(CCN=C(NC(=O)OCc1ccccc1)NC(=C=O)OCc1ccccc1)C(=O)NCCCCCCOC(=O)C(CCCCCC)CCCCCCCC. The van der Waals surface area contributed by atoms with Gasteiger partial charge in [-0.15, -0.1) is 0 Å². The molecule has 3 atom stereocenters. The van der Waals surface area contributed by atoms with E-state index in [1.165, 1.54) is 77.0 Å². The van der Waals surface area contributed by atoms with Crippen molar-refractivity contribution in [3.8, 4) is 0 Å². The molecule has 0 heterocycles. The van der Waals surface area contributed by atoms with Gasteiger partial charge in [0.2, 0.25) is 17.8 Å². The number of hydrogen-bond donors (Lipinski definition) is 4. The van der Waals surface area contributed by atoms with Crippen LogP contribution < -0.4 is 21.3 Å². The predicted octanol–water partition coefficient (Wildman–Crippen LogP) is 15.4. The third-order valence-electron chi connectivity index (χ3n) is 15.0. The van der Waals surface area contributed by atoms with Gasteiger partial charge in [0.05, 0.1) is 25.0 Å². The van der Waals surface area contributed by atoms with Crippen LogP contribution in [0.2, 0.25) is 0 Å². The smallest absolute Gasteiger partial charge is 0.414 e. The van der Waals surface area contributed by atoms with Crippen LogP contribution in [0.1, 0.15) is 264 Å². The molecule has 0 aliphatic heterocycles. The van der Waals surface area contributed by atoms with E-state index in [4.69, 9.17) is 18.9 Å². The van der Waals surface area contributed by atoms with Crippen molar-refractivity contribution >= 4 is 41.7 Å². The lowest BCUT2D eigenvalue weighted by molar-refractivity contribution is -0.150. The number of alkyl carbamates (subject to hydrolysis) is 1. The van der Waals surface area contributed by atoms with Gasteiger partial charge in [-0.1, -0.05) is 242 Å². The van der Waals surface area contributed by atoms with Gasteiger partial charge < -0.3 is 29.6 Å². The first-order valence-corrected chi connectivity index (χ1v) is 32.7. The standard InChI is InChI=1S/C68H111N5O10/c1-5-9-13-17-20-34-46-59(44-32-15-11-7-3)65(77)80-52-38-24-19-22-36-48-62(75)71-61(64(76)69-50-37-23-25-39-53-81-66(78)60(45-33-16-12-8-4)47-35-21-18-14-10-6-2)49-51-70-67(73-68(79)83-56-58-42-30-27-31-43-58)72-63(54-74)82-55-57-40-28-26-29-41-57/h26-31,40-43,59-61H,5-25,32-39,44-53,55-56H2,1-4H3,(H,69,76)(H,71,75)(H2,70,72,73,79). The fraction of sp³-hybridized carbons (Fsp3) is 0.706. The molecule has 15 heteroatoms. The zero-order chi connectivity index (χ0) is 60.1. The number of aliphatic imine (C=N–C) groups is 1. The Morgan fingerprint density at radius 3 is 1.37 bits per heavy atom.